The van der Waals surface area contributed by atoms with Crippen molar-refractivity contribution in [1.29, 1.82) is 0 Å². The van der Waals surface area contributed by atoms with Gasteiger partial charge < -0.3 is 4.98 Å². The first kappa shape index (κ1) is 12.4. The lowest BCUT2D eigenvalue weighted by molar-refractivity contribution is -0.114. The monoisotopic (exact) mass is 266 g/mol. The van der Waals surface area contributed by atoms with Crippen LogP contribution in [-0.4, -0.2) is 16.8 Å². The van der Waals surface area contributed by atoms with Crippen LogP contribution in [0.1, 0.15) is 32.9 Å². The van der Waals surface area contributed by atoms with E-state index in [0.29, 0.717) is 16.7 Å². The molecule has 1 aliphatic heterocycles. The van der Waals surface area contributed by atoms with Gasteiger partial charge in [0.1, 0.15) is 0 Å². The molecule has 100 valence electrons. The van der Waals surface area contributed by atoms with E-state index >= 15 is 0 Å². The van der Waals surface area contributed by atoms with E-state index in [9.17, 15) is 9.59 Å². The van der Waals surface area contributed by atoms with E-state index in [1.807, 2.05) is 26.0 Å². The summed E-state index contributed by atoms with van der Waals surface area (Å²) in [5.41, 5.74) is 4.70. The van der Waals surface area contributed by atoms with Crippen molar-refractivity contribution in [2.45, 2.75) is 13.8 Å². The van der Waals surface area contributed by atoms with Crippen LogP contribution in [0.2, 0.25) is 0 Å². The summed E-state index contributed by atoms with van der Waals surface area (Å²) in [5.74, 6) is -0.706. The van der Waals surface area contributed by atoms with Crippen LogP contribution in [0.25, 0.3) is 11.6 Å². The lowest BCUT2D eigenvalue weighted by Gasteiger charge is -2.17. The van der Waals surface area contributed by atoms with E-state index in [0.717, 1.165) is 17.0 Å². The van der Waals surface area contributed by atoms with Gasteiger partial charge in [-0.1, -0.05) is 18.2 Å². The average Bonchev–Trinajstić information content (AvgIpc) is 2.73. The Labute approximate surface area is 116 Å². The molecule has 20 heavy (non-hydrogen) atoms. The minimum absolute atomic E-state index is 0.345. The summed E-state index contributed by atoms with van der Waals surface area (Å²) in [6.45, 7) is 3.95. The number of benzene rings is 1. The molecule has 3 rings (SSSR count). The van der Waals surface area contributed by atoms with Crippen LogP contribution in [0.15, 0.2) is 30.3 Å². The Morgan fingerprint density at radius 2 is 1.70 bits per heavy atom. The Morgan fingerprint density at radius 3 is 2.35 bits per heavy atom. The molecule has 0 spiro atoms. The molecule has 0 saturated heterocycles. The van der Waals surface area contributed by atoms with Gasteiger partial charge in [0.25, 0.3) is 11.8 Å². The first-order chi connectivity index (χ1) is 9.56. The molecule has 0 aliphatic carbocycles. The fourth-order valence-corrected chi connectivity index (χ4v) is 2.46. The first-order valence-electron chi connectivity index (χ1n) is 6.39. The van der Waals surface area contributed by atoms with Gasteiger partial charge >= 0.3 is 0 Å². The lowest BCUT2D eigenvalue weighted by atomic mass is 9.94. The van der Waals surface area contributed by atoms with Crippen LogP contribution in [0.5, 0.6) is 0 Å². The zero-order valence-electron chi connectivity index (χ0n) is 11.3. The molecule has 0 bridgehead atoms. The molecular formula is C16H14N2O2. The number of fused-ring (bicyclic) bond motifs is 1. The Hall–Kier alpha value is -2.62. The Bertz CT molecular complexity index is 754. The molecule has 0 atom stereocenters. The standard InChI is InChI=1S/C16H14N2O2/c1-9-7-10(2)17-14(9)8-13-11-5-3-4-6-12(11)15(19)18-16(13)20/h3-8,17H,1-2H3,(H,18,19,20)/b13-8+. The molecule has 0 radical (unpaired) electrons. The lowest BCUT2D eigenvalue weighted by Crippen LogP contribution is -2.36. The molecule has 2 heterocycles. The van der Waals surface area contributed by atoms with Gasteiger partial charge in [0.2, 0.25) is 0 Å². The summed E-state index contributed by atoms with van der Waals surface area (Å²) in [7, 11) is 0. The molecule has 4 nitrogen and oxygen atoms in total. The van der Waals surface area contributed by atoms with Crippen molar-refractivity contribution in [3.8, 4) is 0 Å². The SMILES string of the molecule is Cc1cc(C)c(/C=C2/C(=O)NC(=O)c3ccccc32)[nH]1. The largest absolute Gasteiger partial charge is 0.359 e. The maximum Gasteiger partial charge on any atom is 0.258 e. The van der Waals surface area contributed by atoms with Gasteiger partial charge in [-0.3, -0.25) is 14.9 Å². The summed E-state index contributed by atoms with van der Waals surface area (Å²) in [6, 6.07) is 9.14. The van der Waals surface area contributed by atoms with Crippen LogP contribution < -0.4 is 5.32 Å². The summed E-state index contributed by atoms with van der Waals surface area (Å²) >= 11 is 0. The van der Waals surface area contributed by atoms with Gasteiger partial charge in [-0.15, -0.1) is 0 Å². The number of amides is 2. The second-order valence-corrected chi connectivity index (χ2v) is 4.94. The molecule has 0 unspecified atom stereocenters. The highest BCUT2D eigenvalue weighted by Crippen LogP contribution is 2.26. The molecule has 4 heteroatoms. The van der Waals surface area contributed by atoms with Crippen molar-refractivity contribution in [1.82, 2.24) is 10.3 Å². The van der Waals surface area contributed by atoms with Crippen LogP contribution in [0.3, 0.4) is 0 Å². The van der Waals surface area contributed by atoms with Crippen molar-refractivity contribution < 1.29 is 9.59 Å². The summed E-state index contributed by atoms with van der Waals surface area (Å²) in [4.78, 5) is 27.1. The van der Waals surface area contributed by atoms with E-state index in [-0.39, 0.29) is 11.8 Å². The second-order valence-electron chi connectivity index (χ2n) is 4.94. The van der Waals surface area contributed by atoms with Crippen molar-refractivity contribution in [3.05, 3.63) is 58.4 Å². The van der Waals surface area contributed by atoms with E-state index in [1.54, 1.807) is 24.3 Å². The van der Waals surface area contributed by atoms with Gasteiger partial charge in [0.15, 0.2) is 0 Å². The third-order valence-electron chi connectivity index (χ3n) is 3.41. The Balaban J connectivity index is 2.18. The number of hydrogen-bond acceptors (Lipinski definition) is 2. The number of carbonyl (C=O) groups is 2. The number of H-pyrrole nitrogens is 1. The zero-order chi connectivity index (χ0) is 14.3. The average molecular weight is 266 g/mol. The summed E-state index contributed by atoms with van der Waals surface area (Å²) < 4.78 is 0. The smallest absolute Gasteiger partial charge is 0.258 e. The van der Waals surface area contributed by atoms with E-state index < -0.39 is 0 Å². The molecule has 2 N–H and O–H groups in total. The Morgan fingerprint density at radius 1 is 1.00 bits per heavy atom. The topological polar surface area (TPSA) is 62.0 Å². The number of nitrogens with one attached hydrogen (secondary N) is 2. The maximum absolute atomic E-state index is 12.1. The molecule has 2 amide bonds. The zero-order valence-corrected chi connectivity index (χ0v) is 11.3. The highest BCUT2D eigenvalue weighted by molar-refractivity contribution is 6.33. The molecule has 0 fully saturated rings. The highest BCUT2D eigenvalue weighted by atomic mass is 16.2. The van der Waals surface area contributed by atoms with E-state index in [1.165, 1.54) is 0 Å². The van der Waals surface area contributed by atoms with Crippen LogP contribution in [-0.2, 0) is 4.79 Å². The molecule has 0 saturated carbocycles. The van der Waals surface area contributed by atoms with Crippen molar-refractivity contribution in [2.24, 2.45) is 0 Å². The van der Waals surface area contributed by atoms with Crippen molar-refractivity contribution >= 4 is 23.5 Å². The maximum atomic E-state index is 12.1. The molecule has 1 aliphatic rings. The van der Waals surface area contributed by atoms with Gasteiger partial charge in [0.05, 0.1) is 0 Å². The Kier molecular flexibility index (Phi) is 2.79. The predicted octanol–water partition coefficient (Wildman–Crippen LogP) is 2.44. The molecular weight excluding hydrogens is 252 g/mol. The van der Waals surface area contributed by atoms with E-state index in [2.05, 4.69) is 10.3 Å². The fourth-order valence-electron chi connectivity index (χ4n) is 2.46. The predicted molar refractivity (Wildman–Crippen MR) is 77.1 cm³/mol. The third-order valence-corrected chi connectivity index (χ3v) is 3.41. The molecule has 2 aromatic rings. The normalized spacial score (nSPS) is 16.2. The number of rotatable bonds is 1. The summed E-state index contributed by atoms with van der Waals surface area (Å²) in [6.07, 6.45) is 1.79. The van der Waals surface area contributed by atoms with Gasteiger partial charge in [0, 0.05) is 28.1 Å². The summed E-state index contributed by atoms with van der Waals surface area (Å²) in [5, 5.41) is 2.37. The van der Waals surface area contributed by atoms with E-state index in [4.69, 9.17) is 0 Å². The third kappa shape index (κ3) is 1.95. The van der Waals surface area contributed by atoms with Crippen molar-refractivity contribution in [3.63, 3.8) is 0 Å². The number of aromatic amines is 1. The minimum atomic E-state index is -0.361. The van der Waals surface area contributed by atoms with Gasteiger partial charge in [-0.25, -0.2) is 0 Å². The second kappa shape index (κ2) is 4.49. The highest BCUT2D eigenvalue weighted by Gasteiger charge is 2.26. The number of aryl methyl sites for hydroxylation is 2. The number of hydrogen-bond donors (Lipinski definition) is 2. The minimum Gasteiger partial charge on any atom is -0.359 e. The molecule has 1 aromatic heterocycles. The van der Waals surface area contributed by atoms with Crippen molar-refractivity contribution in [2.75, 3.05) is 0 Å². The first-order valence-corrected chi connectivity index (χ1v) is 6.39. The number of carbonyl (C=O) groups excluding carboxylic acids is 2. The van der Waals surface area contributed by atoms with Gasteiger partial charge in [-0.05, 0) is 37.6 Å². The molecule has 1 aromatic carbocycles. The number of imide groups is 1. The fraction of sp³-hybridized carbons (Fsp3) is 0.125. The number of aromatic nitrogens is 1. The van der Waals surface area contributed by atoms with Crippen LogP contribution >= 0.6 is 0 Å². The quantitative estimate of drug-likeness (QED) is 0.615. The van der Waals surface area contributed by atoms with Crippen LogP contribution in [0.4, 0.5) is 0 Å². The van der Waals surface area contributed by atoms with Crippen LogP contribution in [0, 0.1) is 13.8 Å². The van der Waals surface area contributed by atoms with Gasteiger partial charge in [-0.2, -0.15) is 0 Å².